The number of carbonyl (C=O) groups is 1. The smallest absolute Gasteiger partial charge is 0.229 e. The molecular weight excluding hydrogens is 474 g/mol. The minimum absolute atomic E-state index is 0.124. The topological polar surface area (TPSA) is 45.7 Å². The van der Waals surface area contributed by atoms with Crippen LogP contribution in [0.4, 0.5) is 5.13 Å². The number of anilines is 1. The maximum atomic E-state index is 13.3. The summed E-state index contributed by atoms with van der Waals surface area (Å²) in [5.74, 6) is 0.872. The van der Waals surface area contributed by atoms with Crippen LogP contribution in [0.1, 0.15) is 24.0 Å². The lowest BCUT2D eigenvalue weighted by Gasteiger charge is -2.27. The van der Waals surface area contributed by atoms with Crippen molar-refractivity contribution in [1.29, 1.82) is 0 Å². The lowest BCUT2D eigenvalue weighted by Crippen LogP contribution is -2.39. The van der Waals surface area contributed by atoms with Crippen LogP contribution in [-0.4, -0.2) is 60.9 Å². The van der Waals surface area contributed by atoms with Gasteiger partial charge in [-0.05, 0) is 50.1 Å². The molecule has 5 nitrogen and oxygen atoms in total. The maximum absolute atomic E-state index is 13.3. The number of fused-ring (bicyclic) bond motifs is 1. The molecule has 0 spiro atoms. The van der Waals surface area contributed by atoms with E-state index in [9.17, 15) is 4.79 Å². The molecule has 0 atom stereocenters. The van der Waals surface area contributed by atoms with Gasteiger partial charge in [0.25, 0.3) is 0 Å². The molecule has 3 aromatic rings. The average molecular weight is 504 g/mol. The Bertz CT molecular complexity index is 1080. The third-order valence-electron chi connectivity index (χ3n) is 5.83. The maximum Gasteiger partial charge on any atom is 0.229 e. The molecule has 1 aromatic heterocycles. The number of benzene rings is 2. The molecule has 0 aliphatic carbocycles. The number of carbonyl (C=O) groups excluding carboxylic acids is 1. The van der Waals surface area contributed by atoms with Crippen LogP contribution in [0.3, 0.4) is 0 Å². The number of hydrogen-bond donors (Lipinski definition) is 0. The molecule has 1 amide bonds. The summed E-state index contributed by atoms with van der Waals surface area (Å²) in [5, 5.41) is 1.47. The van der Waals surface area contributed by atoms with Crippen LogP contribution in [0, 0.1) is 13.8 Å². The van der Waals surface area contributed by atoms with E-state index in [1.807, 2.05) is 24.0 Å². The highest BCUT2D eigenvalue weighted by molar-refractivity contribution is 7.99. The monoisotopic (exact) mass is 503 g/mol. The summed E-state index contributed by atoms with van der Waals surface area (Å²) in [6.07, 6.45) is 1.39. The fourth-order valence-electron chi connectivity index (χ4n) is 3.83. The van der Waals surface area contributed by atoms with Gasteiger partial charge < -0.3 is 4.74 Å². The quantitative estimate of drug-likeness (QED) is 0.345. The van der Waals surface area contributed by atoms with Gasteiger partial charge in [-0.25, -0.2) is 4.98 Å². The van der Waals surface area contributed by atoms with Crippen molar-refractivity contribution in [3.05, 3.63) is 52.5 Å². The Labute approximate surface area is 209 Å². The number of nitrogens with zero attached hydrogens (tertiary/aromatic N) is 3. The van der Waals surface area contributed by atoms with Crippen LogP contribution in [0.25, 0.3) is 10.2 Å². The number of halogens is 1. The van der Waals surface area contributed by atoms with E-state index in [1.54, 1.807) is 23.1 Å². The van der Waals surface area contributed by atoms with Crippen LogP contribution < -0.4 is 4.90 Å². The molecule has 0 unspecified atom stereocenters. The van der Waals surface area contributed by atoms with E-state index < -0.39 is 0 Å². The molecular formula is C25H30ClN3O2S2. The molecule has 0 N–H and O–H groups in total. The lowest BCUT2D eigenvalue weighted by molar-refractivity contribution is -0.118. The number of amides is 1. The van der Waals surface area contributed by atoms with E-state index in [0.29, 0.717) is 18.0 Å². The molecule has 1 fully saturated rings. The van der Waals surface area contributed by atoms with Crippen LogP contribution in [0.5, 0.6) is 0 Å². The van der Waals surface area contributed by atoms with Crippen molar-refractivity contribution in [2.45, 2.75) is 31.6 Å². The summed E-state index contributed by atoms with van der Waals surface area (Å²) in [7, 11) is 0. The number of morpholine rings is 1. The van der Waals surface area contributed by atoms with Gasteiger partial charge in [0, 0.05) is 48.3 Å². The van der Waals surface area contributed by atoms with Crippen LogP contribution >= 0.6 is 34.7 Å². The average Bonchev–Trinajstić information content (AvgIpc) is 3.26. The molecule has 1 aliphatic heterocycles. The Morgan fingerprint density at radius 2 is 1.94 bits per heavy atom. The number of aromatic nitrogens is 1. The van der Waals surface area contributed by atoms with Crippen molar-refractivity contribution < 1.29 is 9.53 Å². The first-order chi connectivity index (χ1) is 16.0. The second-order valence-corrected chi connectivity index (χ2v) is 10.9. The van der Waals surface area contributed by atoms with Crippen molar-refractivity contribution in [3.8, 4) is 0 Å². The standard InChI is InChI=1S/C25H30ClN3O2S2/c1-18-4-6-20(7-5-18)32-17-10-23(30)29(12-3-11-28-13-15-31-16-14-28)25-27-24-19(2)21(26)8-9-22(24)33-25/h4-9H,3,10-17H2,1-2H3. The largest absolute Gasteiger partial charge is 0.379 e. The van der Waals surface area contributed by atoms with E-state index >= 15 is 0 Å². The fraction of sp³-hybridized carbons (Fsp3) is 0.440. The van der Waals surface area contributed by atoms with Gasteiger partial charge in [0.15, 0.2) is 5.13 Å². The van der Waals surface area contributed by atoms with E-state index in [2.05, 4.69) is 36.1 Å². The Morgan fingerprint density at radius 3 is 2.70 bits per heavy atom. The zero-order valence-electron chi connectivity index (χ0n) is 19.2. The number of thioether (sulfide) groups is 1. The molecule has 0 radical (unpaired) electrons. The predicted octanol–water partition coefficient (Wildman–Crippen LogP) is 5.80. The number of hydrogen-bond acceptors (Lipinski definition) is 6. The summed E-state index contributed by atoms with van der Waals surface area (Å²) in [4.78, 5) is 23.6. The molecule has 2 aromatic carbocycles. The normalized spacial score (nSPS) is 14.6. The Hall–Kier alpha value is -1.64. The highest BCUT2D eigenvalue weighted by Gasteiger charge is 2.21. The molecule has 33 heavy (non-hydrogen) atoms. The van der Waals surface area contributed by atoms with Gasteiger partial charge in [0.1, 0.15) is 0 Å². The number of ether oxygens (including phenoxy) is 1. The predicted molar refractivity (Wildman–Crippen MR) is 140 cm³/mol. The van der Waals surface area contributed by atoms with Crippen molar-refractivity contribution in [2.75, 3.05) is 50.0 Å². The zero-order chi connectivity index (χ0) is 23.2. The molecule has 176 valence electrons. The lowest BCUT2D eigenvalue weighted by atomic mass is 10.2. The summed E-state index contributed by atoms with van der Waals surface area (Å²) in [6.45, 7) is 9.18. The summed E-state index contributed by atoms with van der Waals surface area (Å²) in [6, 6.07) is 12.3. The molecule has 1 aliphatic rings. The zero-order valence-corrected chi connectivity index (χ0v) is 21.6. The third kappa shape index (κ3) is 6.49. The summed E-state index contributed by atoms with van der Waals surface area (Å²) < 4.78 is 6.51. The molecule has 1 saturated heterocycles. The first-order valence-corrected chi connectivity index (χ1v) is 13.5. The first-order valence-electron chi connectivity index (χ1n) is 11.4. The van der Waals surface area contributed by atoms with E-state index in [1.165, 1.54) is 10.5 Å². The summed E-state index contributed by atoms with van der Waals surface area (Å²) >= 11 is 9.60. The highest BCUT2D eigenvalue weighted by Crippen LogP contribution is 2.34. The fourth-order valence-corrected chi connectivity index (χ4v) is 5.90. The third-order valence-corrected chi connectivity index (χ3v) is 8.30. The minimum atomic E-state index is 0.124. The molecule has 0 bridgehead atoms. The van der Waals surface area contributed by atoms with Crippen LogP contribution in [0.15, 0.2) is 41.3 Å². The molecule has 4 rings (SSSR count). The van der Waals surface area contributed by atoms with Gasteiger partial charge in [0.2, 0.25) is 5.91 Å². The second-order valence-electron chi connectivity index (χ2n) is 8.28. The van der Waals surface area contributed by atoms with Crippen molar-refractivity contribution in [3.63, 3.8) is 0 Å². The Morgan fingerprint density at radius 1 is 1.18 bits per heavy atom. The second kappa shape index (κ2) is 11.7. The Balaban J connectivity index is 1.44. The van der Waals surface area contributed by atoms with Gasteiger partial charge in [-0.3, -0.25) is 14.6 Å². The number of thiazole rings is 1. The van der Waals surface area contributed by atoms with E-state index in [-0.39, 0.29) is 5.91 Å². The molecule has 0 saturated carbocycles. The van der Waals surface area contributed by atoms with Crippen molar-refractivity contribution in [2.24, 2.45) is 0 Å². The summed E-state index contributed by atoms with van der Waals surface area (Å²) in [5.41, 5.74) is 3.10. The number of rotatable bonds is 9. The minimum Gasteiger partial charge on any atom is -0.379 e. The van der Waals surface area contributed by atoms with Gasteiger partial charge >= 0.3 is 0 Å². The van der Waals surface area contributed by atoms with E-state index in [4.69, 9.17) is 21.3 Å². The van der Waals surface area contributed by atoms with E-state index in [0.717, 1.165) is 65.9 Å². The Kier molecular flexibility index (Phi) is 8.66. The highest BCUT2D eigenvalue weighted by atomic mass is 35.5. The van der Waals surface area contributed by atoms with Gasteiger partial charge in [-0.15, -0.1) is 11.8 Å². The van der Waals surface area contributed by atoms with Gasteiger partial charge in [0.05, 0.1) is 23.4 Å². The van der Waals surface area contributed by atoms with Crippen molar-refractivity contribution >= 4 is 56.0 Å². The first kappa shape index (κ1) is 24.5. The van der Waals surface area contributed by atoms with Gasteiger partial charge in [-0.2, -0.15) is 0 Å². The number of aryl methyl sites for hydroxylation is 2. The van der Waals surface area contributed by atoms with Crippen LogP contribution in [0.2, 0.25) is 5.02 Å². The SMILES string of the molecule is Cc1ccc(SCCC(=O)N(CCCN2CCOCC2)c2nc3c(C)c(Cl)ccc3s2)cc1. The van der Waals surface area contributed by atoms with Crippen molar-refractivity contribution in [1.82, 2.24) is 9.88 Å². The molecule has 2 heterocycles. The van der Waals surface area contributed by atoms with Crippen LogP contribution in [-0.2, 0) is 9.53 Å². The van der Waals surface area contributed by atoms with Gasteiger partial charge in [-0.1, -0.05) is 40.6 Å². The molecule has 8 heteroatoms.